The maximum Gasteiger partial charge on any atom is 0.387 e. The SMILES string of the molecule is O=C(c1cccc(OC(F)F)c1)N1CCN(Cc2cccc(F)c2F)CC1. The first-order chi connectivity index (χ1) is 12.9. The zero-order valence-corrected chi connectivity index (χ0v) is 14.4. The van der Waals surface area contributed by atoms with Gasteiger partial charge >= 0.3 is 6.61 Å². The van der Waals surface area contributed by atoms with Crippen LogP contribution in [0.2, 0.25) is 0 Å². The molecule has 2 aromatic carbocycles. The molecule has 0 saturated carbocycles. The molecule has 0 aliphatic carbocycles. The Hall–Kier alpha value is -2.61. The second kappa shape index (κ2) is 8.39. The van der Waals surface area contributed by atoms with E-state index in [1.807, 2.05) is 4.90 Å². The summed E-state index contributed by atoms with van der Waals surface area (Å²) in [6, 6.07) is 9.72. The molecule has 144 valence electrons. The molecule has 2 aromatic rings. The Labute approximate surface area is 153 Å². The van der Waals surface area contributed by atoms with Gasteiger partial charge in [0.2, 0.25) is 0 Å². The van der Waals surface area contributed by atoms with Gasteiger partial charge in [-0.2, -0.15) is 8.78 Å². The third-order valence-corrected chi connectivity index (χ3v) is 4.39. The number of nitrogens with zero attached hydrogens (tertiary/aromatic N) is 2. The minimum atomic E-state index is -2.96. The summed E-state index contributed by atoms with van der Waals surface area (Å²) in [6.45, 7) is -0.916. The van der Waals surface area contributed by atoms with Gasteiger partial charge < -0.3 is 9.64 Å². The van der Waals surface area contributed by atoms with E-state index >= 15 is 0 Å². The molecule has 27 heavy (non-hydrogen) atoms. The van der Waals surface area contributed by atoms with Crippen molar-refractivity contribution in [2.45, 2.75) is 13.2 Å². The number of carbonyl (C=O) groups is 1. The Bertz CT molecular complexity index is 808. The normalized spacial score (nSPS) is 15.2. The highest BCUT2D eigenvalue weighted by molar-refractivity contribution is 5.94. The standard InChI is InChI=1S/C19H18F4N2O2/c20-16-6-2-4-14(17(16)21)12-24-7-9-25(10-8-24)18(26)13-3-1-5-15(11-13)27-19(22)23/h1-6,11,19H,7-10,12H2. The van der Waals surface area contributed by atoms with E-state index in [9.17, 15) is 22.4 Å². The van der Waals surface area contributed by atoms with Gasteiger partial charge in [-0.05, 0) is 24.3 Å². The third kappa shape index (κ3) is 4.77. The van der Waals surface area contributed by atoms with Crippen molar-refractivity contribution in [3.63, 3.8) is 0 Å². The van der Waals surface area contributed by atoms with Crippen LogP contribution in [0.25, 0.3) is 0 Å². The van der Waals surface area contributed by atoms with Crippen molar-refractivity contribution in [1.29, 1.82) is 0 Å². The van der Waals surface area contributed by atoms with Crippen molar-refractivity contribution < 1.29 is 27.1 Å². The molecular weight excluding hydrogens is 364 g/mol. The largest absolute Gasteiger partial charge is 0.435 e. The molecule has 0 unspecified atom stereocenters. The molecule has 3 rings (SSSR count). The molecule has 1 aliphatic rings. The fraction of sp³-hybridized carbons (Fsp3) is 0.316. The number of benzene rings is 2. The number of rotatable bonds is 5. The Kier molecular flexibility index (Phi) is 5.95. The lowest BCUT2D eigenvalue weighted by atomic mass is 10.1. The van der Waals surface area contributed by atoms with Gasteiger partial charge in [-0.25, -0.2) is 8.78 Å². The van der Waals surface area contributed by atoms with E-state index < -0.39 is 18.2 Å². The summed E-state index contributed by atoms with van der Waals surface area (Å²) in [5.41, 5.74) is 0.532. The zero-order valence-electron chi connectivity index (χ0n) is 14.4. The molecular formula is C19H18F4N2O2. The average molecular weight is 382 g/mol. The van der Waals surface area contributed by atoms with Gasteiger partial charge in [-0.15, -0.1) is 0 Å². The second-order valence-corrected chi connectivity index (χ2v) is 6.19. The molecule has 4 nitrogen and oxygen atoms in total. The van der Waals surface area contributed by atoms with E-state index in [-0.39, 0.29) is 29.3 Å². The fourth-order valence-corrected chi connectivity index (χ4v) is 3.01. The number of hydrogen-bond acceptors (Lipinski definition) is 3. The number of piperazine rings is 1. The van der Waals surface area contributed by atoms with Crippen molar-refractivity contribution in [3.8, 4) is 5.75 Å². The molecule has 1 amide bonds. The summed E-state index contributed by atoms with van der Waals surface area (Å²) in [4.78, 5) is 16.1. The van der Waals surface area contributed by atoms with Crippen molar-refractivity contribution >= 4 is 5.91 Å². The quantitative estimate of drug-likeness (QED) is 0.742. The van der Waals surface area contributed by atoms with Crippen molar-refractivity contribution in [2.75, 3.05) is 26.2 Å². The third-order valence-electron chi connectivity index (χ3n) is 4.39. The lowest BCUT2D eigenvalue weighted by molar-refractivity contribution is -0.0499. The van der Waals surface area contributed by atoms with Gasteiger partial charge in [-0.1, -0.05) is 18.2 Å². The van der Waals surface area contributed by atoms with Crippen molar-refractivity contribution in [1.82, 2.24) is 9.80 Å². The van der Waals surface area contributed by atoms with E-state index in [0.717, 1.165) is 6.07 Å². The lowest BCUT2D eigenvalue weighted by Crippen LogP contribution is -2.48. The van der Waals surface area contributed by atoms with Gasteiger partial charge in [-0.3, -0.25) is 9.69 Å². The molecule has 0 aromatic heterocycles. The fourth-order valence-electron chi connectivity index (χ4n) is 3.01. The smallest absolute Gasteiger partial charge is 0.387 e. The summed E-state index contributed by atoms with van der Waals surface area (Å²) < 4.78 is 56.0. The number of amides is 1. The molecule has 8 heteroatoms. The van der Waals surface area contributed by atoms with E-state index in [1.165, 1.54) is 36.4 Å². The topological polar surface area (TPSA) is 32.8 Å². The Morgan fingerprint density at radius 2 is 1.74 bits per heavy atom. The van der Waals surface area contributed by atoms with Crippen LogP contribution in [0.1, 0.15) is 15.9 Å². The number of halogens is 4. The van der Waals surface area contributed by atoms with Crippen LogP contribution in [0, 0.1) is 11.6 Å². The molecule has 0 atom stereocenters. The molecule has 0 spiro atoms. The van der Waals surface area contributed by atoms with Crippen LogP contribution in [0.3, 0.4) is 0 Å². The van der Waals surface area contributed by atoms with E-state index in [1.54, 1.807) is 4.90 Å². The second-order valence-electron chi connectivity index (χ2n) is 6.19. The summed E-state index contributed by atoms with van der Waals surface area (Å²) in [5, 5.41) is 0. The van der Waals surface area contributed by atoms with Gasteiger partial charge in [0.15, 0.2) is 11.6 Å². The number of carbonyl (C=O) groups excluding carboxylic acids is 1. The predicted molar refractivity (Wildman–Crippen MR) is 90.6 cm³/mol. The Morgan fingerprint density at radius 3 is 2.44 bits per heavy atom. The van der Waals surface area contributed by atoms with E-state index in [0.29, 0.717) is 26.2 Å². The molecule has 0 N–H and O–H groups in total. The van der Waals surface area contributed by atoms with Crippen LogP contribution in [0.5, 0.6) is 5.75 Å². The Morgan fingerprint density at radius 1 is 1.04 bits per heavy atom. The van der Waals surface area contributed by atoms with Crippen molar-refractivity contribution in [2.24, 2.45) is 0 Å². The maximum atomic E-state index is 13.8. The zero-order chi connectivity index (χ0) is 19.4. The van der Waals surface area contributed by atoms with Crippen LogP contribution in [-0.4, -0.2) is 48.5 Å². The Balaban J connectivity index is 1.59. The molecule has 1 aliphatic heterocycles. The first-order valence-corrected chi connectivity index (χ1v) is 8.43. The van der Waals surface area contributed by atoms with Gasteiger partial charge in [0, 0.05) is 43.9 Å². The summed E-state index contributed by atoms with van der Waals surface area (Å²) in [5.74, 6) is -2.10. The maximum absolute atomic E-state index is 13.8. The first-order valence-electron chi connectivity index (χ1n) is 8.43. The number of alkyl halides is 2. The van der Waals surface area contributed by atoms with E-state index in [4.69, 9.17) is 0 Å². The van der Waals surface area contributed by atoms with Gasteiger partial charge in [0.25, 0.3) is 5.91 Å². The van der Waals surface area contributed by atoms with Crippen LogP contribution in [0.4, 0.5) is 17.6 Å². The highest BCUT2D eigenvalue weighted by atomic mass is 19.3. The highest BCUT2D eigenvalue weighted by Gasteiger charge is 2.23. The number of ether oxygens (including phenoxy) is 1. The molecule has 1 fully saturated rings. The summed E-state index contributed by atoms with van der Waals surface area (Å²) >= 11 is 0. The minimum Gasteiger partial charge on any atom is -0.435 e. The molecule has 1 saturated heterocycles. The lowest BCUT2D eigenvalue weighted by Gasteiger charge is -2.34. The van der Waals surface area contributed by atoms with Crippen LogP contribution >= 0.6 is 0 Å². The number of hydrogen-bond donors (Lipinski definition) is 0. The van der Waals surface area contributed by atoms with Gasteiger partial charge in [0.05, 0.1) is 0 Å². The van der Waals surface area contributed by atoms with Crippen LogP contribution in [0.15, 0.2) is 42.5 Å². The predicted octanol–water partition coefficient (Wildman–Crippen LogP) is 3.52. The highest BCUT2D eigenvalue weighted by Crippen LogP contribution is 2.19. The minimum absolute atomic E-state index is 0.0731. The van der Waals surface area contributed by atoms with Crippen LogP contribution in [-0.2, 0) is 6.54 Å². The molecule has 0 bridgehead atoms. The van der Waals surface area contributed by atoms with Crippen LogP contribution < -0.4 is 4.74 Å². The molecule has 1 heterocycles. The summed E-state index contributed by atoms with van der Waals surface area (Å²) in [7, 11) is 0. The van der Waals surface area contributed by atoms with E-state index in [2.05, 4.69) is 4.74 Å². The van der Waals surface area contributed by atoms with Crippen molar-refractivity contribution in [3.05, 3.63) is 65.2 Å². The van der Waals surface area contributed by atoms with Gasteiger partial charge in [0.1, 0.15) is 5.75 Å². The monoisotopic (exact) mass is 382 g/mol. The average Bonchev–Trinajstić information content (AvgIpc) is 2.65. The molecule has 0 radical (unpaired) electrons. The first kappa shape index (κ1) is 19.2. The summed E-state index contributed by atoms with van der Waals surface area (Å²) in [6.07, 6.45) is 0.